The van der Waals surface area contributed by atoms with Gasteiger partial charge in [-0.25, -0.2) is 0 Å². The predicted octanol–water partition coefficient (Wildman–Crippen LogP) is 0.643. The van der Waals surface area contributed by atoms with Crippen molar-refractivity contribution in [3.05, 3.63) is 29.8 Å². The number of hydrogen-bond donors (Lipinski definition) is 0. The molecule has 7 heteroatoms. The molecule has 3 rings (SSSR count). The van der Waals surface area contributed by atoms with E-state index in [1.807, 2.05) is 6.92 Å². The molecule has 2 heterocycles. The van der Waals surface area contributed by atoms with Gasteiger partial charge in [0.15, 0.2) is 12.4 Å². The summed E-state index contributed by atoms with van der Waals surface area (Å²) in [5, 5.41) is 0. The van der Waals surface area contributed by atoms with E-state index in [0.29, 0.717) is 37.4 Å². The van der Waals surface area contributed by atoms with Crippen molar-refractivity contribution in [1.29, 1.82) is 0 Å². The lowest BCUT2D eigenvalue weighted by Crippen LogP contribution is -2.64. The highest BCUT2D eigenvalue weighted by Gasteiger charge is 2.38. The Labute approximate surface area is 153 Å². The van der Waals surface area contributed by atoms with Crippen LogP contribution in [0.3, 0.4) is 0 Å². The Kier molecular flexibility index (Phi) is 5.56. The number of ketones is 1. The summed E-state index contributed by atoms with van der Waals surface area (Å²) in [6.45, 7) is 5.08. The van der Waals surface area contributed by atoms with Crippen LogP contribution in [0.25, 0.3) is 0 Å². The van der Waals surface area contributed by atoms with Gasteiger partial charge in [-0.2, -0.15) is 0 Å². The van der Waals surface area contributed by atoms with Crippen molar-refractivity contribution >= 4 is 17.6 Å². The van der Waals surface area contributed by atoms with Crippen molar-refractivity contribution in [2.75, 3.05) is 46.4 Å². The Morgan fingerprint density at radius 1 is 1.12 bits per heavy atom. The lowest BCUT2D eigenvalue weighted by Gasteiger charge is -2.45. The number of benzene rings is 1. The van der Waals surface area contributed by atoms with Crippen molar-refractivity contribution in [2.45, 2.75) is 19.4 Å². The molecule has 140 valence electrons. The fourth-order valence-electron chi connectivity index (χ4n) is 3.37. The van der Waals surface area contributed by atoms with E-state index < -0.39 is 0 Å². The molecule has 2 aliphatic rings. The van der Waals surface area contributed by atoms with Gasteiger partial charge in [-0.15, -0.1) is 0 Å². The summed E-state index contributed by atoms with van der Waals surface area (Å²) in [7, 11) is 1.80. The maximum absolute atomic E-state index is 12.5. The van der Waals surface area contributed by atoms with E-state index in [0.717, 1.165) is 13.1 Å². The Bertz CT molecular complexity index is 689. The van der Waals surface area contributed by atoms with Crippen LogP contribution in [-0.2, 0) is 9.59 Å². The highest BCUT2D eigenvalue weighted by molar-refractivity contribution is 5.95. The number of likely N-dealkylation sites (N-methyl/N-ethyl adjacent to an activating group) is 1. The molecule has 2 amide bonds. The molecule has 0 spiro atoms. The normalized spacial score (nSPS) is 20.7. The number of amides is 2. The average molecular weight is 359 g/mol. The van der Waals surface area contributed by atoms with Gasteiger partial charge < -0.3 is 14.5 Å². The third kappa shape index (κ3) is 3.88. The molecule has 0 radical (unpaired) electrons. The summed E-state index contributed by atoms with van der Waals surface area (Å²) in [6.07, 6.45) is 0.458. The Morgan fingerprint density at radius 2 is 1.81 bits per heavy atom. The van der Waals surface area contributed by atoms with Crippen molar-refractivity contribution in [2.24, 2.45) is 0 Å². The first-order valence-corrected chi connectivity index (χ1v) is 9.02. The fraction of sp³-hybridized carbons (Fsp3) is 0.526. The maximum Gasteiger partial charge on any atom is 0.260 e. The summed E-state index contributed by atoms with van der Waals surface area (Å²) in [6, 6.07) is 6.58. The predicted molar refractivity (Wildman–Crippen MR) is 96.1 cm³/mol. The van der Waals surface area contributed by atoms with Gasteiger partial charge in [-0.3, -0.25) is 19.3 Å². The minimum Gasteiger partial charge on any atom is -0.484 e. The second-order valence-electron chi connectivity index (χ2n) is 6.74. The molecular formula is C19H25N3O4. The van der Waals surface area contributed by atoms with Crippen LogP contribution in [-0.4, -0.2) is 84.7 Å². The van der Waals surface area contributed by atoms with Gasteiger partial charge in [0.25, 0.3) is 5.91 Å². The first kappa shape index (κ1) is 18.4. The standard InChI is InChI=1S/C19H25N3O4/c1-3-17(23)14-4-6-15(7-5-14)26-13-18(24)22-11-10-21-9-8-20(2)19(25)16(21)12-22/h4-7,16H,3,8-13H2,1-2H3/t16-/m1/s1. The molecule has 2 saturated heterocycles. The summed E-state index contributed by atoms with van der Waals surface area (Å²) >= 11 is 0. The van der Waals surface area contributed by atoms with Crippen molar-refractivity contribution in [3.8, 4) is 5.75 Å². The van der Waals surface area contributed by atoms with E-state index in [-0.39, 0.29) is 30.2 Å². The van der Waals surface area contributed by atoms with Crippen LogP contribution in [0.5, 0.6) is 5.75 Å². The van der Waals surface area contributed by atoms with Gasteiger partial charge in [0.2, 0.25) is 5.91 Å². The van der Waals surface area contributed by atoms with Crippen LogP contribution in [0.1, 0.15) is 23.7 Å². The number of Topliss-reactive ketones (excluding diaryl/α,β-unsaturated/α-hetero) is 1. The smallest absolute Gasteiger partial charge is 0.260 e. The number of carbonyl (C=O) groups excluding carboxylic acids is 3. The number of fused-ring (bicyclic) bond motifs is 1. The molecule has 1 aromatic rings. The molecule has 1 aromatic carbocycles. The monoisotopic (exact) mass is 359 g/mol. The number of ether oxygens (including phenoxy) is 1. The summed E-state index contributed by atoms with van der Waals surface area (Å²) < 4.78 is 5.56. The lowest BCUT2D eigenvalue weighted by molar-refractivity contribution is -0.148. The second kappa shape index (κ2) is 7.86. The Morgan fingerprint density at radius 3 is 2.50 bits per heavy atom. The van der Waals surface area contributed by atoms with Crippen molar-refractivity contribution in [1.82, 2.24) is 14.7 Å². The van der Waals surface area contributed by atoms with Gasteiger partial charge in [0, 0.05) is 51.8 Å². The highest BCUT2D eigenvalue weighted by atomic mass is 16.5. The van der Waals surface area contributed by atoms with E-state index in [1.54, 1.807) is 41.1 Å². The molecule has 7 nitrogen and oxygen atoms in total. The molecule has 0 unspecified atom stereocenters. The number of nitrogens with zero attached hydrogens (tertiary/aromatic N) is 3. The zero-order valence-corrected chi connectivity index (χ0v) is 15.3. The van der Waals surface area contributed by atoms with Gasteiger partial charge in [0.05, 0.1) is 0 Å². The maximum atomic E-state index is 12.5. The van der Waals surface area contributed by atoms with Crippen LogP contribution in [0.4, 0.5) is 0 Å². The van der Waals surface area contributed by atoms with E-state index in [2.05, 4.69) is 4.90 Å². The summed E-state index contributed by atoms with van der Waals surface area (Å²) in [5.41, 5.74) is 0.641. The van der Waals surface area contributed by atoms with Crippen molar-refractivity contribution in [3.63, 3.8) is 0 Å². The third-order valence-electron chi connectivity index (χ3n) is 5.09. The molecule has 2 aliphatic heterocycles. The topological polar surface area (TPSA) is 70.2 Å². The van der Waals surface area contributed by atoms with Crippen LogP contribution in [0, 0.1) is 0 Å². The van der Waals surface area contributed by atoms with Gasteiger partial charge in [0.1, 0.15) is 11.8 Å². The third-order valence-corrected chi connectivity index (χ3v) is 5.09. The summed E-state index contributed by atoms with van der Waals surface area (Å²) in [4.78, 5) is 42.0. The summed E-state index contributed by atoms with van der Waals surface area (Å²) in [5.74, 6) is 0.580. The van der Waals surface area contributed by atoms with Gasteiger partial charge in [-0.1, -0.05) is 6.92 Å². The Balaban J connectivity index is 1.53. The fourth-order valence-corrected chi connectivity index (χ4v) is 3.37. The van der Waals surface area contributed by atoms with E-state index in [1.165, 1.54) is 0 Å². The first-order chi connectivity index (χ1) is 12.5. The molecule has 0 bridgehead atoms. The van der Waals surface area contributed by atoms with Crippen LogP contribution in [0.2, 0.25) is 0 Å². The second-order valence-corrected chi connectivity index (χ2v) is 6.74. The number of rotatable bonds is 5. The SMILES string of the molecule is CCC(=O)c1ccc(OCC(=O)N2CCN3CCN(C)C(=O)[C@H]3C2)cc1. The molecule has 2 fully saturated rings. The molecule has 26 heavy (non-hydrogen) atoms. The molecule has 0 saturated carbocycles. The van der Waals surface area contributed by atoms with Crippen LogP contribution in [0.15, 0.2) is 24.3 Å². The number of carbonyl (C=O) groups is 3. The lowest BCUT2D eigenvalue weighted by atomic mass is 10.1. The largest absolute Gasteiger partial charge is 0.484 e. The molecule has 0 N–H and O–H groups in total. The molecular weight excluding hydrogens is 334 g/mol. The van der Waals surface area contributed by atoms with Gasteiger partial charge >= 0.3 is 0 Å². The quantitative estimate of drug-likeness (QED) is 0.722. The number of piperazine rings is 2. The number of hydrogen-bond acceptors (Lipinski definition) is 5. The molecule has 1 atom stereocenters. The van der Waals surface area contributed by atoms with Gasteiger partial charge in [-0.05, 0) is 24.3 Å². The van der Waals surface area contributed by atoms with Crippen LogP contribution < -0.4 is 4.74 Å². The van der Waals surface area contributed by atoms with E-state index in [9.17, 15) is 14.4 Å². The highest BCUT2D eigenvalue weighted by Crippen LogP contribution is 2.17. The van der Waals surface area contributed by atoms with E-state index in [4.69, 9.17) is 4.74 Å². The minimum absolute atomic E-state index is 0.0716. The first-order valence-electron chi connectivity index (χ1n) is 9.02. The zero-order valence-electron chi connectivity index (χ0n) is 15.3. The van der Waals surface area contributed by atoms with Crippen LogP contribution >= 0.6 is 0 Å². The van der Waals surface area contributed by atoms with E-state index >= 15 is 0 Å². The molecule has 0 aromatic heterocycles. The van der Waals surface area contributed by atoms with Crippen molar-refractivity contribution < 1.29 is 19.1 Å². The zero-order chi connectivity index (χ0) is 18.7. The minimum atomic E-state index is -0.245. The Hall–Kier alpha value is -2.41. The molecule has 0 aliphatic carbocycles. The average Bonchev–Trinajstić information content (AvgIpc) is 2.68.